The Bertz CT molecular complexity index is 526. The van der Waals surface area contributed by atoms with Crippen LogP contribution in [0.2, 0.25) is 0 Å². The summed E-state index contributed by atoms with van der Waals surface area (Å²) in [6, 6.07) is 0. The first-order chi connectivity index (χ1) is 7.42. The molecular formula is C5H4N8OS. The largest absolute Gasteiger partial charge is 0.427 e. The Labute approximate surface area is 86.3 Å². The van der Waals surface area contributed by atoms with E-state index in [4.69, 9.17) is 4.42 Å². The van der Waals surface area contributed by atoms with Gasteiger partial charge in [-0.25, -0.2) is 0 Å². The van der Waals surface area contributed by atoms with E-state index in [9.17, 15) is 0 Å². The lowest BCUT2D eigenvalue weighted by Crippen LogP contribution is -1.87. The first-order valence-electron chi connectivity index (χ1n) is 3.93. The summed E-state index contributed by atoms with van der Waals surface area (Å²) in [5.41, 5.74) is 0. The van der Waals surface area contributed by atoms with Crippen molar-refractivity contribution in [3.05, 3.63) is 12.3 Å². The molecular weight excluding hydrogens is 220 g/mol. The molecule has 0 bridgehead atoms. The van der Waals surface area contributed by atoms with Crippen LogP contribution in [0.4, 0.5) is 0 Å². The number of thioether (sulfide) groups is 1. The van der Waals surface area contributed by atoms with Crippen LogP contribution in [0, 0.1) is 0 Å². The molecule has 0 atom stereocenters. The molecule has 0 aliphatic heterocycles. The highest BCUT2D eigenvalue weighted by Gasteiger charge is 2.08. The van der Waals surface area contributed by atoms with Gasteiger partial charge in [-0.1, -0.05) is 16.9 Å². The van der Waals surface area contributed by atoms with Gasteiger partial charge in [0.25, 0.3) is 5.78 Å². The van der Waals surface area contributed by atoms with Gasteiger partial charge in [0.05, 0.1) is 5.75 Å². The molecule has 0 aromatic carbocycles. The summed E-state index contributed by atoms with van der Waals surface area (Å²) < 4.78 is 6.35. The van der Waals surface area contributed by atoms with Crippen molar-refractivity contribution < 1.29 is 4.42 Å². The van der Waals surface area contributed by atoms with Crippen molar-refractivity contribution in [2.24, 2.45) is 0 Å². The molecule has 0 saturated carbocycles. The summed E-state index contributed by atoms with van der Waals surface area (Å²) in [6.45, 7) is 0. The van der Waals surface area contributed by atoms with Crippen molar-refractivity contribution >= 4 is 17.5 Å². The van der Waals surface area contributed by atoms with Gasteiger partial charge < -0.3 is 4.42 Å². The van der Waals surface area contributed by atoms with E-state index in [1.165, 1.54) is 22.8 Å². The Morgan fingerprint density at radius 1 is 1.47 bits per heavy atom. The van der Waals surface area contributed by atoms with E-state index in [0.29, 0.717) is 22.6 Å². The summed E-state index contributed by atoms with van der Waals surface area (Å²) in [5, 5.41) is 21.7. The van der Waals surface area contributed by atoms with Crippen LogP contribution in [0.5, 0.6) is 0 Å². The maximum atomic E-state index is 4.97. The molecule has 0 amide bonds. The van der Waals surface area contributed by atoms with Gasteiger partial charge in [0.15, 0.2) is 0 Å². The fourth-order valence-corrected chi connectivity index (χ4v) is 1.64. The molecule has 3 heterocycles. The number of nitrogens with one attached hydrogen (secondary N) is 1. The lowest BCUT2D eigenvalue weighted by Gasteiger charge is -1.88. The van der Waals surface area contributed by atoms with Crippen LogP contribution in [0.1, 0.15) is 5.89 Å². The van der Waals surface area contributed by atoms with E-state index in [1.807, 2.05) is 0 Å². The number of aromatic amines is 1. The number of aromatic nitrogens is 8. The molecule has 0 radical (unpaired) electrons. The second kappa shape index (κ2) is 3.31. The van der Waals surface area contributed by atoms with E-state index in [2.05, 4.69) is 35.8 Å². The SMILES string of the molecule is c1nnc(CSc2nc3nn[nH]n3n2)o1. The number of nitrogens with zero attached hydrogens (tertiary/aromatic N) is 7. The van der Waals surface area contributed by atoms with Gasteiger partial charge in [-0.3, -0.25) is 0 Å². The normalized spacial score (nSPS) is 11.2. The summed E-state index contributed by atoms with van der Waals surface area (Å²) in [4.78, 5) is 4.09. The number of fused-ring (bicyclic) bond motifs is 1. The quantitative estimate of drug-likeness (QED) is 0.594. The summed E-state index contributed by atoms with van der Waals surface area (Å²) in [6.07, 6.45) is 1.28. The summed E-state index contributed by atoms with van der Waals surface area (Å²) in [7, 11) is 0. The summed E-state index contributed by atoms with van der Waals surface area (Å²) in [5.74, 6) is 1.49. The van der Waals surface area contributed by atoms with E-state index in [1.54, 1.807) is 0 Å². The van der Waals surface area contributed by atoms with E-state index in [-0.39, 0.29) is 0 Å². The zero-order chi connectivity index (χ0) is 10.1. The minimum atomic E-state index is 0.433. The Morgan fingerprint density at radius 2 is 2.47 bits per heavy atom. The molecule has 0 aliphatic carbocycles. The van der Waals surface area contributed by atoms with Crippen molar-refractivity contribution in [3.8, 4) is 0 Å². The number of hydrogen-bond donors (Lipinski definition) is 1. The molecule has 0 aliphatic rings. The van der Waals surface area contributed by atoms with Crippen molar-refractivity contribution in [1.29, 1.82) is 0 Å². The predicted molar refractivity (Wildman–Crippen MR) is 46.8 cm³/mol. The Morgan fingerprint density at radius 3 is 3.27 bits per heavy atom. The number of rotatable bonds is 3. The Kier molecular flexibility index (Phi) is 1.84. The van der Waals surface area contributed by atoms with Gasteiger partial charge >= 0.3 is 0 Å². The third-order valence-corrected chi connectivity index (χ3v) is 2.40. The molecule has 9 nitrogen and oxygen atoms in total. The van der Waals surface area contributed by atoms with Crippen molar-refractivity contribution in [2.75, 3.05) is 0 Å². The van der Waals surface area contributed by atoms with E-state index < -0.39 is 0 Å². The van der Waals surface area contributed by atoms with Crippen LogP contribution in [0.3, 0.4) is 0 Å². The van der Waals surface area contributed by atoms with Crippen LogP contribution < -0.4 is 0 Å². The number of tetrazole rings is 1. The third-order valence-electron chi connectivity index (χ3n) is 1.58. The molecule has 3 rings (SSSR count). The van der Waals surface area contributed by atoms with E-state index in [0.717, 1.165) is 0 Å². The number of hydrogen-bond acceptors (Lipinski definition) is 8. The monoisotopic (exact) mass is 224 g/mol. The zero-order valence-corrected chi connectivity index (χ0v) is 8.05. The standard InChI is InChI=1S/C5H4N8OS/c1(3-8-6-2-14-3)15-5-7-4-9-11-12-13(4)10-5/h2H,1H2,(H,7,9,10,12). The van der Waals surface area contributed by atoms with Crippen molar-refractivity contribution in [2.45, 2.75) is 10.9 Å². The van der Waals surface area contributed by atoms with Gasteiger partial charge in [0.1, 0.15) is 0 Å². The second-order valence-corrected chi connectivity index (χ2v) is 3.47. The highest BCUT2D eigenvalue weighted by molar-refractivity contribution is 7.98. The molecule has 0 fully saturated rings. The topological polar surface area (TPSA) is 111 Å². The second-order valence-electron chi connectivity index (χ2n) is 2.53. The summed E-state index contributed by atoms with van der Waals surface area (Å²) >= 11 is 1.38. The van der Waals surface area contributed by atoms with Crippen LogP contribution in [-0.4, -0.2) is 40.4 Å². The molecule has 0 unspecified atom stereocenters. The van der Waals surface area contributed by atoms with Crippen LogP contribution >= 0.6 is 11.8 Å². The van der Waals surface area contributed by atoms with Gasteiger partial charge in [-0.05, 0) is 5.21 Å². The van der Waals surface area contributed by atoms with Gasteiger partial charge in [0.2, 0.25) is 17.4 Å². The lowest BCUT2D eigenvalue weighted by molar-refractivity contribution is 0.514. The molecule has 10 heteroatoms. The maximum absolute atomic E-state index is 4.97. The maximum Gasteiger partial charge on any atom is 0.291 e. The molecule has 3 aromatic heterocycles. The van der Waals surface area contributed by atoms with Crippen LogP contribution in [0.25, 0.3) is 5.78 Å². The average molecular weight is 224 g/mol. The average Bonchev–Trinajstić information content (AvgIpc) is 2.91. The van der Waals surface area contributed by atoms with Gasteiger partial charge in [0, 0.05) is 0 Å². The fraction of sp³-hybridized carbons (Fsp3) is 0.200. The molecule has 0 saturated heterocycles. The highest BCUT2D eigenvalue weighted by atomic mass is 32.2. The van der Waals surface area contributed by atoms with Crippen LogP contribution in [0.15, 0.2) is 16.0 Å². The fourth-order valence-electron chi connectivity index (χ4n) is 0.973. The van der Waals surface area contributed by atoms with E-state index >= 15 is 0 Å². The zero-order valence-electron chi connectivity index (χ0n) is 7.23. The number of H-pyrrole nitrogens is 1. The highest BCUT2D eigenvalue weighted by Crippen LogP contribution is 2.17. The predicted octanol–water partition coefficient (Wildman–Crippen LogP) is -0.477. The first kappa shape index (κ1) is 8.35. The molecule has 0 spiro atoms. The van der Waals surface area contributed by atoms with Crippen molar-refractivity contribution in [3.63, 3.8) is 0 Å². The molecule has 1 N–H and O–H groups in total. The van der Waals surface area contributed by atoms with Crippen molar-refractivity contribution in [1.82, 2.24) is 40.4 Å². The van der Waals surface area contributed by atoms with Crippen LogP contribution in [-0.2, 0) is 5.75 Å². The Hall–Kier alpha value is -1.97. The molecule has 15 heavy (non-hydrogen) atoms. The molecule has 76 valence electrons. The minimum Gasteiger partial charge on any atom is -0.427 e. The minimum absolute atomic E-state index is 0.433. The van der Waals surface area contributed by atoms with Gasteiger partial charge in [-0.15, -0.1) is 19.9 Å². The first-order valence-corrected chi connectivity index (χ1v) is 4.92. The molecule has 3 aromatic rings. The van der Waals surface area contributed by atoms with Gasteiger partial charge in [-0.2, -0.15) is 10.2 Å². The smallest absolute Gasteiger partial charge is 0.291 e. The third kappa shape index (κ3) is 1.54. The Balaban J connectivity index is 1.75. The lowest BCUT2D eigenvalue weighted by atomic mass is 10.8.